The van der Waals surface area contributed by atoms with Crippen LogP contribution in [0, 0.1) is 26.2 Å². The first-order chi connectivity index (χ1) is 18.1. The number of aryl methyl sites for hydroxylation is 3. The predicted molar refractivity (Wildman–Crippen MR) is 149 cm³/mol. The molecule has 0 unspecified atom stereocenters. The molecular weight excluding hydrogens is 478 g/mol. The van der Waals surface area contributed by atoms with Gasteiger partial charge in [-0.1, -0.05) is 35.5 Å². The molecule has 0 aliphatic rings. The zero-order valence-corrected chi connectivity index (χ0v) is 23.3. The van der Waals surface area contributed by atoms with Crippen molar-refractivity contribution in [1.29, 1.82) is 0 Å². The van der Waals surface area contributed by atoms with E-state index in [2.05, 4.69) is 36.3 Å². The average molecular weight is 516 g/mol. The largest absolute Gasteiger partial charge is 0.497 e. The smallest absolute Gasteiger partial charge is 0.310 e. The Morgan fingerprint density at radius 3 is 2.26 bits per heavy atom. The first kappa shape index (κ1) is 27.3. The molecule has 0 saturated carbocycles. The van der Waals surface area contributed by atoms with Crippen LogP contribution >= 0.6 is 0 Å². The molecule has 0 spiro atoms. The lowest BCUT2D eigenvalue weighted by atomic mass is 9.68. The van der Waals surface area contributed by atoms with Crippen LogP contribution in [0.3, 0.4) is 0 Å². The Bertz CT molecular complexity index is 1450. The van der Waals surface area contributed by atoms with Crippen molar-refractivity contribution in [2.24, 2.45) is 5.41 Å². The van der Waals surface area contributed by atoms with Gasteiger partial charge in [0, 0.05) is 12.5 Å². The van der Waals surface area contributed by atoms with Crippen molar-refractivity contribution in [3.05, 3.63) is 87.5 Å². The van der Waals surface area contributed by atoms with Crippen LogP contribution < -0.4 is 4.74 Å². The molecule has 3 aromatic carbocycles. The van der Waals surface area contributed by atoms with Gasteiger partial charge in [-0.2, -0.15) is 0 Å². The maximum Gasteiger partial charge on any atom is 0.310 e. The van der Waals surface area contributed by atoms with Gasteiger partial charge in [0.1, 0.15) is 11.3 Å². The van der Waals surface area contributed by atoms with Crippen molar-refractivity contribution >= 4 is 17.0 Å². The maximum absolute atomic E-state index is 12.6. The quantitative estimate of drug-likeness (QED) is 0.265. The molecule has 0 aliphatic heterocycles. The van der Waals surface area contributed by atoms with Gasteiger partial charge < -0.3 is 14.6 Å². The number of fused-ring (bicyclic) bond motifs is 1. The van der Waals surface area contributed by atoms with Crippen LogP contribution in [0.25, 0.3) is 11.0 Å². The minimum atomic E-state index is -1.07. The number of ether oxygens (including phenoxy) is 2. The summed E-state index contributed by atoms with van der Waals surface area (Å²) < 4.78 is 13.2. The first-order valence-electron chi connectivity index (χ1n) is 13.0. The molecule has 1 aromatic heterocycles. The van der Waals surface area contributed by atoms with E-state index in [0.717, 1.165) is 62.3 Å². The van der Waals surface area contributed by atoms with Crippen LogP contribution in [0.4, 0.5) is 0 Å². The average Bonchev–Trinajstić information content (AvgIpc) is 3.33. The van der Waals surface area contributed by atoms with E-state index in [-0.39, 0.29) is 0 Å². The van der Waals surface area contributed by atoms with Crippen LogP contribution in [0.15, 0.2) is 48.5 Å². The monoisotopic (exact) mass is 515 g/mol. The highest BCUT2D eigenvalue weighted by Gasteiger charge is 2.41. The number of carboxylic acids is 1. The van der Waals surface area contributed by atoms with E-state index in [9.17, 15) is 9.90 Å². The minimum Gasteiger partial charge on any atom is -0.497 e. The summed E-state index contributed by atoms with van der Waals surface area (Å²) in [5.41, 5.74) is 7.89. The van der Waals surface area contributed by atoms with E-state index in [4.69, 9.17) is 9.47 Å². The third-order valence-corrected chi connectivity index (χ3v) is 7.73. The number of rotatable bonds is 10. The lowest BCUT2D eigenvalue weighted by Crippen LogP contribution is -2.33. The molecular formula is C31H37N3O4. The van der Waals surface area contributed by atoms with Gasteiger partial charge in [0.25, 0.3) is 0 Å². The van der Waals surface area contributed by atoms with E-state index < -0.39 is 17.3 Å². The molecule has 4 aromatic rings. The van der Waals surface area contributed by atoms with Crippen LogP contribution in [0.2, 0.25) is 0 Å². The number of carboxylic acid groups (broad SMARTS) is 1. The van der Waals surface area contributed by atoms with Crippen molar-refractivity contribution in [3.63, 3.8) is 0 Å². The lowest BCUT2D eigenvalue weighted by molar-refractivity contribution is -0.147. The molecule has 7 heteroatoms. The predicted octanol–water partition coefficient (Wildman–Crippen LogP) is 6.34. The Labute approximate surface area is 224 Å². The Hall–Kier alpha value is -3.71. The van der Waals surface area contributed by atoms with E-state index in [1.807, 2.05) is 54.9 Å². The normalized spacial score (nSPS) is 12.6. The second kappa shape index (κ2) is 11.0. The molecule has 0 aliphatic carbocycles. The SMILES string of the molecule is CCn1nnc2c(C)c([C@H](c3ccc(C)c(COCc4ccc(OC)cc4)c3C)C(C)(C)C(=O)O)ccc21. The van der Waals surface area contributed by atoms with E-state index in [0.29, 0.717) is 13.2 Å². The summed E-state index contributed by atoms with van der Waals surface area (Å²) in [5, 5.41) is 19.0. The Balaban J connectivity index is 1.74. The molecule has 1 N–H and O–H groups in total. The standard InChI is InChI=1S/C31H37N3O4/c1-8-34-27-16-15-25(21(4)29(27)32-33-34)28(31(5,6)30(35)36)24-14-9-19(2)26(20(24)3)18-38-17-22-10-12-23(37-7)13-11-22/h9-16,28H,8,17-18H2,1-7H3,(H,35,36)/t28-/m0/s1. The van der Waals surface area contributed by atoms with Gasteiger partial charge in [0.05, 0.1) is 31.3 Å². The Morgan fingerprint density at radius 1 is 0.974 bits per heavy atom. The number of hydrogen-bond donors (Lipinski definition) is 1. The highest BCUT2D eigenvalue weighted by molar-refractivity contribution is 5.82. The number of aliphatic carboxylic acids is 1. The molecule has 0 fully saturated rings. The van der Waals surface area contributed by atoms with E-state index in [1.54, 1.807) is 21.0 Å². The van der Waals surface area contributed by atoms with Crippen LogP contribution in [0.5, 0.6) is 5.75 Å². The number of methoxy groups -OCH3 is 1. The fraction of sp³-hybridized carbons (Fsp3) is 0.387. The molecule has 38 heavy (non-hydrogen) atoms. The molecule has 1 atom stereocenters. The summed E-state index contributed by atoms with van der Waals surface area (Å²) in [6, 6.07) is 16.0. The highest BCUT2D eigenvalue weighted by atomic mass is 16.5. The molecule has 0 bridgehead atoms. The molecule has 7 nitrogen and oxygen atoms in total. The fourth-order valence-electron chi connectivity index (χ4n) is 5.24. The Morgan fingerprint density at radius 2 is 1.63 bits per heavy atom. The zero-order valence-electron chi connectivity index (χ0n) is 23.3. The summed E-state index contributed by atoms with van der Waals surface area (Å²) in [6.45, 7) is 13.4. The molecule has 200 valence electrons. The second-order valence-corrected chi connectivity index (χ2v) is 10.4. The fourth-order valence-corrected chi connectivity index (χ4v) is 5.24. The molecule has 0 saturated heterocycles. The second-order valence-electron chi connectivity index (χ2n) is 10.4. The van der Waals surface area contributed by atoms with Gasteiger partial charge in [0.15, 0.2) is 0 Å². The van der Waals surface area contributed by atoms with Crippen LogP contribution in [-0.2, 0) is 29.3 Å². The Kier molecular flexibility index (Phi) is 7.88. The summed E-state index contributed by atoms with van der Waals surface area (Å²) in [4.78, 5) is 12.6. The number of carbonyl (C=O) groups is 1. The highest BCUT2D eigenvalue weighted by Crippen LogP contribution is 2.45. The molecule has 0 radical (unpaired) electrons. The summed E-state index contributed by atoms with van der Waals surface area (Å²) >= 11 is 0. The summed E-state index contributed by atoms with van der Waals surface area (Å²) in [6.07, 6.45) is 0. The molecule has 1 heterocycles. The number of nitrogens with zero attached hydrogens (tertiary/aromatic N) is 3. The summed E-state index contributed by atoms with van der Waals surface area (Å²) in [5.74, 6) is -0.431. The van der Waals surface area contributed by atoms with E-state index >= 15 is 0 Å². The van der Waals surface area contributed by atoms with Crippen molar-refractivity contribution in [3.8, 4) is 5.75 Å². The van der Waals surface area contributed by atoms with Crippen molar-refractivity contribution in [2.45, 2.75) is 67.2 Å². The first-order valence-corrected chi connectivity index (χ1v) is 13.0. The van der Waals surface area contributed by atoms with Crippen molar-refractivity contribution < 1.29 is 19.4 Å². The van der Waals surface area contributed by atoms with E-state index in [1.165, 1.54) is 0 Å². The van der Waals surface area contributed by atoms with Crippen LogP contribution in [-0.4, -0.2) is 33.2 Å². The third kappa shape index (κ3) is 5.03. The van der Waals surface area contributed by atoms with Gasteiger partial charge in [-0.25, -0.2) is 4.68 Å². The lowest BCUT2D eigenvalue weighted by Gasteiger charge is -2.34. The van der Waals surface area contributed by atoms with Crippen molar-refractivity contribution in [1.82, 2.24) is 15.0 Å². The summed E-state index contributed by atoms with van der Waals surface area (Å²) in [7, 11) is 1.65. The van der Waals surface area contributed by atoms with Gasteiger partial charge in [0.2, 0.25) is 0 Å². The van der Waals surface area contributed by atoms with Gasteiger partial charge in [-0.15, -0.1) is 5.10 Å². The molecule has 4 rings (SSSR count). The maximum atomic E-state index is 12.6. The molecule has 0 amide bonds. The topological polar surface area (TPSA) is 86.5 Å². The number of benzene rings is 3. The zero-order chi connectivity index (χ0) is 27.6. The van der Waals surface area contributed by atoms with Gasteiger partial charge in [-0.3, -0.25) is 4.79 Å². The third-order valence-electron chi connectivity index (χ3n) is 7.73. The number of hydrogen-bond acceptors (Lipinski definition) is 5. The van der Waals surface area contributed by atoms with Gasteiger partial charge >= 0.3 is 5.97 Å². The van der Waals surface area contributed by atoms with Crippen molar-refractivity contribution in [2.75, 3.05) is 7.11 Å². The minimum absolute atomic E-state index is 0.392. The van der Waals surface area contributed by atoms with Crippen LogP contribution in [0.1, 0.15) is 65.6 Å². The van der Waals surface area contributed by atoms with Gasteiger partial charge in [-0.05, 0) is 98.7 Å². The number of aromatic nitrogens is 3.